The van der Waals surface area contributed by atoms with Gasteiger partial charge < -0.3 is 44.7 Å². The summed E-state index contributed by atoms with van der Waals surface area (Å²) < 4.78 is 28.6. The van der Waals surface area contributed by atoms with Crippen LogP contribution < -0.4 is 30.2 Å². The van der Waals surface area contributed by atoms with Crippen molar-refractivity contribution in [2.45, 2.75) is 263 Å². The van der Waals surface area contributed by atoms with E-state index in [0.717, 1.165) is 153 Å². The molecule has 0 bridgehead atoms. The molecule has 692 valence electrons. The van der Waals surface area contributed by atoms with E-state index in [1.165, 1.54) is 16.7 Å². The third-order valence-electron chi connectivity index (χ3n) is 29.2. The summed E-state index contributed by atoms with van der Waals surface area (Å²) >= 11 is 51.9. The number of nitrogens with one attached hydrogen (secondary N) is 3. The van der Waals surface area contributed by atoms with Gasteiger partial charge in [0.05, 0.1) is 36.1 Å². The number of amides is 5. The first-order valence-electron chi connectivity index (χ1n) is 46.2. The number of aliphatic hydroxyl groups is 1. The summed E-state index contributed by atoms with van der Waals surface area (Å²) in [4.78, 5) is 66.3. The van der Waals surface area contributed by atoms with E-state index in [-0.39, 0.29) is 124 Å². The maximum absolute atomic E-state index is 13.5. The molecule has 0 spiro atoms. The number of unbranched alkanes of at least 4 members (excludes halogenated alkanes) is 2. The van der Waals surface area contributed by atoms with Gasteiger partial charge in [0, 0.05) is 94.6 Å². The van der Waals surface area contributed by atoms with Crippen LogP contribution >= 0.6 is 92.8 Å². The van der Waals surface area contributed by atoms with Crippen LogP contribution in [0.1, 0.15) is 271 Å². The zero-order valence-electron chi connectivity index (χ0n) is 76.6. The predicted octanol–water partition coefficient (Wildman–Crippen LogP) is 27.0. The Morgan fingerprint density at radius 1 is 0.411 bits per heavy atom. The largest absolute Gasteiger partial charge is 0.494 e. The summed E-state index contributed by atoms with van der Waals surface area (Å²) in [5, 5.41) is 27.0. The Bertz CT molecular complexity index is 5120. The fourth-order valence-corrected chi connectivity index (χ4v) is 24.9. The third kappa shape index (κ3) is 21.3. The predicted molar refractivity (Wildman–Crippen MR) is 521 cm³/mol. The summed E-state index contributed by atoms with van der Waals surface area (Å²) in [7, 11) is 0. The number of nitrogens with zero attached hydrogens (tertiary/aromatic N) is 1. The Hall–Kier alpha value is -7.25. The number of carbonyl (C=O) groups is 5. The molecule has 5 amide bonds. The van der Waals surface area contributed by atoms with Crippen molar-refractivity contribution in [1.29, 1.82) is 0 Å². The van der Waals surface area contributed by atoms with E-state index in [2.05, 4.69) is 133 Å². The average Bonchev–Trinajstić information content (AvgIpc) is 1.61. The minimum atomic E-state index is -1.67. The van der Waals surface area contributed by atoms with Crippen molar-refractivity contribution in [3.63, 3.8) is 0 Å². The first-order valence-corrected chi connectivity index (χ1v) is 49.2. The van der Waals surface area contributed by atoms with Gasteiger partial charge in [0.2, 0.25) is 17.7 Å². The van der Waals surface area contributed by atoms with Crippen molar-refractivity contribution in [2.24, 2.45) is 39.9 Å². The third-order valence-corrected chi connectivity index (χ3v) is 31.5. The molecule has 8 aliphatic rings. The molecule has 20 atom stereocenters. The lowest BCUT2D eigenvalue weighted by molar-refractivity contribution is -0.148. The molecule has 8 aromatic carbocycles. The van der Waals surface area contributed by atoms with Gasteiger partial charge in [-0.15, -0.1) is 0 Å². The number of ether oxygens (including phenoxy) is 5. The van der Waals surface area contributed by atoms with Crippen LogP contribution in [0.4, 0.5) is 4.79 Å². The van der Waals surface area contributed by atoms with Gasteiger partial charge in [0.15, 0.2) is 0 Å². The van der Waals surface area contributed by atoms with Gasteiger partial charge >= 0.3 is 6.09 Å². The molecule has 4 N–H and O–H groups in total. The molecule has 4 aliphatic carbocycles. The van der Waals surface area contributed by atoms with Crippen LogP contribution in [0.25, 0.3) is 0 Å². The number of halogens is 8. The Morgan fingerprint density at radius 3 is 1.03 bits per heavy atom. The molecule has 129 heavy (non-hydrogen) atoms. The number of carbonyl (C=O) groups excluding carboxylic acids is 5. The minimum absolute atomic E-state index is 0.0478. The van der Waals surface area contributed by atoms with E-state index in [1.807, 2.05) is 129 Å². The van der Waals surface area contributed by atoms with Gasteiger partial charge in [0.25, 0.3) is 5.91 Å². The van der Waals surface area contributed by atoms with Crippen molar-refractivity contribution >= 4 is 123 Å². The highest BCUT2D eigenvalue weighted by molar-refractivity contribution is 6.33. The van der Waals surface area contributed by atoms with Crippen LogP contribution in [-0.2, 0) is 28.7 Å². The van der Waals surface area contributed by atoms with Gasteiger partial charge in [-0.05, 0) is 314 Å². The number of fused-ring (bicyclic) bond motifs is 4. The van der Waals surface area contributed by atoms with Crippen LogP contribution in [0, 0.1) is 46.8 Å². The maximum Gasteiger partial charge on any atom is 0.417 e. The molecule has 4 aliphatic heterocycles. The second-order valence-electron chi connectivity index (χ2n) is 38.8. The Labute approximate surface area is 803 Å². The molecular formula is C106H126Cl8N4O11. The second kappa shape index (κ2) is 42.1. The molecular weight excluding hydrogens is 1790 g/mol. The lowest BCUT2D eigenvalue weighted by atomic mass is 9.56. The molecule has 0 radical (unpaired) electrons. The summed E-state index contributed by atoms with van der Waals surface area (Å²) in [5.74, 6) is 3.18. The lowest BCUT2D eigenvalue weighted by Gasteiger charge is -2.46. The number of hydrogen-bond donors (Lipinski definition) is 4. The summed E-state index contributed by atoms with van der Waals surface area (Å²) in [5.41, 5.74) is 6.45. The topological polar surface area (TPSA) is 191 Å². The highest BCUT2D eigenvalue weighted by Gasteiger charge is 2.66. The van der Waals surface area contributed by atoms with Crippen LogP contribution in [0.2, 0.25) is 40.2 Å². The van der Waals surface area contributed by atoms with E-state index in [0.29, 0.717) is 52.9 Å². The summed E-state index contributed by atoms with van der Waals surface area (Å²) in [6.45, 7) is 31.4. The van der Waals surface area contributed by atoms with Gasteiger partial charge in [-0.3, -0.25) is 19.2 Å². The van der Waals surface area contributed by atoms with Crippen molar-refractivity contribution in [3.8, 4) is 17.2 Å². The van der Waals surface area contributed by atoms with Gasteiger partial charge in [-0.2, -0.15) is 0 Å². The van der Waals surface area contributed by atoms with Crippen molar-refractivity contribution in [3.05, 3.63) is 260 Å². The standard InChI is InChI=1S/C27H31Cl2NO4.C27H33Cl2NO3.2C26H31Cl2NO2/c1-15-6-11-19(21(29)14-15)20-12-13-27(33)23(22(20)17-7-9-18(28)10-8-17)16(2)30(24(27)31)25(32)34-26(3,4)5;1-4-13-32-14-15-33-20-9-10-21(23(29)16-20)22-11-12-27(3)25(17(2)30-26(27)31)24(22)18-5-7-19(28)8-6-18;2*1-4-5-14-31-19-10-11-20(22(28)15-19)21-12-13-26(3)24(16(2)29-25(26)30)23(21)17-6-8-18(27)9-7-17/h6-11,14,16,20,22-23,33H,12-13H2,1-5H3;5-10,16-17,22,24-25H,4,11-15H2,1-3H3,(H,30,31);2*6-11,15-16,21,23-24H,4-5,12-14H2,1-3H3,(H,29,30)/t16-,20+,22+,23+,27+;17-,22+,24+,25+,27-;2*16-,21+,23+,24+,26-/m1111/s1. The van der Waals surface area contributed by atoms with Crippen molar-refractivity contribution in [1.82, 2.24) is 20.9 Å². The molecule has 4 heterocycles. The molecule has 0 unspecified atom stereocenters. The highest BCUT2D eigenvalue weighted by atomic mass is 35.5. The van der Waals surface area contributed by atoms with E-state index < -0.39 is 35.2 Å². The van der Waals surface area contributed by atoms with Crippen LogP contribution in [0.3, 0.4) is 0 Å². The number of aryl methyl sites for hydroxylation is 1. The molecule has 8 aromatic rings. The normalized spacial score (nSPS) is 29.5. The van der Waals surface area contributed by atoms with Crippen LogP contribution in [0.15, 0.2) is 170 Å². The first-order chi connectivity index (χ1) is 61.4. The smallest absolute Gasteiger partial charge is 0.417 e. The van der Waals surface area contributed by atoms with Gasteiger partial charge in [0.1, 0.15) is 35.1 Å². The summed E-state index contributed by atoms with van der Waals surface area (Å²) in [6, 6.07) is 55.7. The molecule has 8 fully saturated rings. The Morgan fingerprint density at radius 2 is 0.721 bits per heavy atom. The van der Waals surface area contributed by atoms with E-state index >= 15 is 0 Å². The Balaban J connectivity index is 0.000000147. The first kappa shape index (κ1) is 99.2. The zero-order chi connectivity index (χ0) is 92.9. The van der Waals surface area contributed by atoms with Gasteiger partial charge in [-0.1, -0.05) is 226 Å². The number of imide groups is 1. The van der Waals surface area contributed by atoms with E-state index in [1.54, 1.807) is 20.8 Å². The van der Waals surface area contributed by atoms with Crippen molar-refractivity contribution < 1.29 is 52.8 Å². The number of benzene rings is 8. The fourth-order valence-electron chi connectivity index (χ4n) is 23.1. The molecule has 4 saturated carbocycles. The molecule has 0 aromatic heterocycles. The second-order valence-corrected chi connectivity index (χ2v) is 42.2. The zero-order valence-corrected chi connectivity index (χ0v) is 82.7. The lowest BCUT2D eigenvalue weighted by Crippen LogP contribution is -2.50. The molecule has 15 nitrogen and oxygen atoms in total. The summed E-state index contributed by atoms with van der Waals surface area (Å²) in [6.07, 6.45) is 10.6. The van der Waals surface area contributed by atoms with Crippen LogP contribution in [-0.4, -0.2) is 108 Å². The fraction of sp³-hybridized carbons (Fsp3) is 0.500. The number of rotatable bonds is 22. The van der Waals surface area contributed by atoms with Crippen LogP contribution in [0.5, 0.6) is 17.2 Å². The highest BCUT2D eigenvalue weighted by Crippen LogP contribution is 2.64. The molecule has 23 heteroatoms. The average molecular weight is 1920 g/mol. The quantitative estimate of drug-likeness (QED) is 0.0472. The molecule has 16 rings (SSSR count). The number of likely N-dealkylation sites (tertiary alicyclic amines) is 1. The van der Waals surface area contributed by atoms with Crippen molar-refractivity contribution in [2.75, 3.05) is 33.0 Å². The van der Waals surface area contributed by atoms with Gasteiger partial charge in [-0.25, -0.2) is 9.69 Å². The SMILES string of the molecule is CCCCOc1ccc([C@@H]2CC[C@@]3(C)C(=O)N[C@H](C)[C@H]3[C@H]2c2ccc(Cl)cc2)c(Cl)c1.CCCCOc1ccc([C@@H]2CC[C@@]3(C)C(=O)N[C@H](C)[C@H]3[C@H]2c2ccc(Cl)cc2)c(Cl)c1.CCCOCCOc1ccc([C@@H]2CC[C@@]3(C)C(=O)N[C@H](C)[C@H]3[C@H]2c2ccc(Cl)cc2)c(Cl)c1.Cc1ccc([C@@H]2CC[C@@]3(O)C(=O)N(C(=O)OC(C)(C)C)[C@H](C)[C@H]3[C@H]2c2ccc(Cl)cc2)c(Cl)c1. The molecule has 4 saturated heterocycles. The maximum atomic E-state index is 13.5. The van der Waals surface area contributed by atoms with E-state index in [4.69, 9.17) is 116 Å². The van der Waals surface area contributed by atoms with E-state index in [9.17, 15) is 29.1 Å². The Kier molecular flexibility index (Phi) is 32.4. The number of hydrogen-bond acceptors (Lipinski definition) is 11. The monoisotopic (exact) mass is 1910 g/mol. The minimum Gasteiger partial charge on any atom is -0.494 e.